The Balaban J connectivity index is 2.51. The zero-order valence-corrected chi connectivity index (χ0v) is 11.6. The van der Waals surface area contributed by atoms with E-state index in [1.54, 1.807) is 19.9 Å². The summed E-state index contributed by atoms with van der Waals surface area (Å²) in [6.45, 7) is 3.66. The number of benzene rings is 1. The summed E-state index contributed by atoms with van der Waals surface area (Å²) in [7, 11) is 0. The summed E-state index contributed by atoms with van der Waals surface area (Å²) in [4.78, 5) is 12.2. The zero-order chi connectivity index (χ0) is 15.1. The van der Waals surface area contributed by atoms with Crippen LogP contribution in [0.4, 0.5) is 10.2 Å². The van der Waals surface area contributed by atoms with Crippen molar-refractivity contribution in [3.8, 4) is 0 Å². The monoisotopic (exact) mass is 288 g/mol. The molecule has 0 fully saturated rings. The third-order valence-corrected chi connectivity index (χ3v) is 3.31. The molecular weight excluding hydrogens is 275 g/mol. The zero-order valence-electron chi connectivity index (χ0n) is 11.6. The van der Waals surface area contributed by atoms with Crippen LogP contribution in [0.3, 0.4) is 0 Å². The predicted octanol–water partition coefficient (Wildman–Crippen LogP) is 2.09. The summed E-state index contributed by atoms with van der Waals surface area (Å²) in [6.07, 6.45) is 0. The van der Waals surface area contributed by atoms with Gasteiger partial charge in [0.05, 0.1) is 17.8 Å². The van der Waals surface area contributed by atoms with Gasteiger partial charge in [0.1, 0.15) is 17.2 Å². The molecule has 6 nitrogen and oxygen atoms in total. The Kier molecular flexibility index (Phi) is 2.97. The number of rotatable bonds is 2. The number of nitrogens with zero attached hydrogens (tertiary/aromatic N) is 3. The van der Waals surface area contributed by atoms with E-state index in [4.69, 9.17) is 10.5 Å². The van der Waals surface area contributed by atoms with Crippen LogP contribution in [0.25, 0.3) is 16.3 Å². The molecule has 0 amide bonds. The Labute approximate surface area is 119 Å². The number of hydrogen-bond donors (Lipinski definition) is 1. The van der Waals surface area contributed by atoms with Crippen molar-refractivity contribution in [2.75, 3.05) is 12.3 Å². The van der Waals surface area contributed by atoms with Gasteiger partial charge in [-0.3, -0.25) is 0 Å². The third kappa shape index (κ3) is 1.89. The SMILES string of the molecule is CCOC(=O)c1c(N)n2nnc(C)c2c2ccc(F)cc12. The van der Waals surface area contributed by atoms with Crippen LogP contribution in [0.1, 0.15) is 23.0 Å². The fourth-order valence-corrected chi connectivity index (χ4v) is 2.43. The van der Waals surface area contributed by atoms with Gasteiger partial charge in [0.2, 0.25) is 0 Å². The molecule has 0 saturated carbocycles. The molecule has 7 heteroatoms. The fraction of sp³-hybridized carbons (Fsp3) is 0.214. The standard InChI is InChI=1S/C14H13FN4O2/c1-3-21-14(20)11-10-6-8(15)4-5-9(10)12-7(2)17-18-19(12)13(11)16/h4-6H,3,16H2,1-2H3. The largest absolute Gasteiger partial charge is 0.462 e. The number of carbonyl (C=O) groups is 1. The smallest absolute Gasteiger partial charge is 0.342 e. The highest BCUT2D eigenvalue weighted by Crippen LogP contribution is 2.30. The maximum absolute atomic E-state index is 13.6. The summed E-state index contributed by atoms with van der Waals surface area (Å²) >= 11 is 0. The van der Waals surface area contributed by atoms with Gasteiger partial charge in [0.25, 0.3) is 0 Å². The normalized spacial score (nSPS) is 11.2. The van der Waals surface area contributed by atoms with Crippen LogP contribution in [0, 0.1) is 12.7 Å². The molecule has 2 heterocycles. The first-order chi connectivity index (χ1) is 10.0. The van der Waals surface area contributed by atoms with Gasteiger partial charge in [-0.2, -0.15) is 4.52 Å². The Morgan fingerprint density at radius 2 is 2.19 bits per heavy atom. The van der Waals surface area contributed by atoms with Gasteiger partial charge in [0, 0.05) is 10.8 Å². The van der Waals surface area contributed by atoms with Crippen molar-refractivity contribution in [3.63, 3.8) is 0 Å². The lowest BCUT2D eigenvalue weighted by molar-refractivity contribution is 0.0529. The molecule has 0 bridgehead atoms. The number of nitrogen functional groups attached to an aromatic ring is 1. The molecule has 2 N–H and O–H groups in total. The Morgan fingerprint density at radius 3 is 2.90 bits per heavy atom. The molecule has 2 aromatic heterocycles. The third-order valence-electron chi connectivity index (χ3n) is 3.31. The number of esters is 1. The van der Waals surface area contributed by atoms with Crippen LogP contribution in [-0.4, -0.2) is 27.4 Å². The van der Waals surface area contributed by atoms with Gasteiger partial charge in [-0.15, -0.1) is 5.10 Å². The molecule has 108 valence electrons. The van der Waals surface area contributed by atoms with Crippen molar-refractivity contribution in [3.05, 3.63) is 35.3 Å². The molecule has 0 unspecified atom stereocenters. The molecule has 0 aliphatic carbocycles. The Hall–Kier alpha value is -2.70. The maximum Gasteiger partial charge on any atom is 0.342 e. The number of carbonyl (C=O) groups excluding carboxylic acids is 1. The van der Waals surface area contributed by atoms with Crippen molar-refractivity contribution in [1.29, 1.82) is 0 Å². The summed E-state index contributed by atoms with van der Waals surface area (Å²) < 4.78 is 20.0. The molecule has 0 saturated heterocycles. The molecule has 21 heavy (non-hydrogen) atoms. The van der Waals surface area contributed by atoms with Crippen LogP contribution in [0.5, 0.6) is 0 Å². The van der Waals surface area contributed by atoms with E-state index in [0.29, 0.717) is 22.0 Å². The lowest BCUT2D eigenvalue weighted by Gasteiger charge is -2.11. The summed E-state index contributed by atoms with van der Waals surface area (Å²) in [5.74, 6) is -0.982. The number of hydrogen-bond acceptors (Lipinski definition) is 5. The van der Waals surface area contributed by atoms with Gasteiger partial charge in [-0.05, 0) is 32.0 Å². The highest BCUT2D eigenvalue weighted by Gasteiger charge is 2.22. The average molecular weight is 288 g/mol. The van der Waals surface area contributed by atoms with Crippen molar-refractivity contribution in [2.24, 2.45) is 0 Å². The fourth-order valence-electron chi connectivity index (χ4n) is 2.43. The first-order valence-corrected chi connectivity index (χ1v) is 6.44. The van der Waals surface area contributed by atoms with Crippen molar-refractivity contribution in [1.82, 2.24) is 14.8 Å². The van der Waals surface area contributed by atoms with Crippen LogP contribution in [-0.2, 0) is 4.74 Å². The van der Waals surface area contributed by atoms with Crippen molar-refractivity contribution >= 4 is 28.1 Å². The first kappa shape index (κ1) is 13.3. The Morgan fingerprint density at radius 1 is 1.43 bits per heavy atom. The number of nitrogens with two attached hydrogens (primary N) is 1. The summed E-state index contributed by atoms with van der Waals surface area (Å²) in [5.41, 5.74) is 7.41. The quantitative estimate of drug-likeness (QED) is 0.730. The van der Waals surface area contributed by atoms with Crippen LogP contribution in [0.15, 0.2) is 18.2 Å². The minimum absolute atomic E-state index is 0.0853. The van der Waals surface area contributed by atoms with Crippen molar-refractivity contribution in [2.45, 2.75) is 13.8 Å². The highest BCUT2D eigenvalue weighted by molar-refractivity contribution is 6.12. The van der Waals surface area contributed by atoms with Crippen molar-refractivity contribution < 1.29 is 13.9 Å². The van der Waals surface area contributed by atoms with E-state index < -0.39 is 11.8 Å². The van der Waals surface area contributed by atoms with E-state index in [0.717, 1.165) is 0 Å². The number of aromatic nitrogens is 3. The molecule has 1 aromatic carbocycles. The minimum atomic E-state index is -0.611. The predicted molar refractivity (Wildman–Crippen MR) is 75.6 cm³/mol. The van der Waals surface area contributed by atoms with Gasteiger partial charge >= 0.3 is 5.97 Å². The lowest BCUT2D eigenvalue weighted by atomic mass is 10.0. The molecule has 0 aliphatic heterocycles. The summed E-state index contributed by atoms with van der Waals surface area (Å²) in [6, 6.07) is 4.17. The van der Waals surface area contributed by atoms with Crippen LogP contribution in [0.2, 0.25) is 0 Å². The summed E-state index contributed by atoms with van der Waals surface area (Å²) in [5, 5.41) is 8.94. The second-order valence-corrected chi connectivity index (χ2v) is 4.61. The topological polar surface area (TPSA) is 82.5 Å². The number of pyridine rings is 1. The second kappa shape index (κ2) is 4.69. The molecule has 0 spiro atoms. The van der Waals surface area contributed by atoms with E-state index >= 15 is 0 Å². The Bertz CT molecular complexity index is 872. The lowest BCUT2D eigenvalue weighted by Crippen LogP contribution is -2.13. The molecule has 3 rings (SSSR count). The molecule has 0 radical (unpaired) electrons. The van der Waals surface area contributed by atoms with E-state index in [9.17, 15) is 9.18 Å². The number of fused-ring (bicyclic) bond motifs is 3. The van der Waals surface area contributed by atoms with Gasteiger partial charge in [-0.25, -0.2) is 9.18 Å². The molecular formula is C14H13FN4O2. The van der Waals surface area contributed by atoms with Gasteiger partial charge in [-0.1, -0.05) is 5.21 Å². The van der Waals surface area contributed by atoms with E-state index in [1.807, 2.05) is 0 Å². The maximum atomic E-state index is 13.6. The van der Waals surface area contributed by atoms with E-state index in [-0.39, 0.29) is 18.0 Å². The van der Waals surface area contributed by atoms with E-state index in [1.165, 1.54) is 16.6 Å². The first-order valence-electron chi connectivity index (χ1n) is 6.44. The minimum Gasteiger partial charge on any atom is -0.462 e. The molecule has 3 aromatic rings. The molecule has 0 atom stereocenters. The highest BCUT2D eigenvalue weighted by atomic mass is 19.1. The molecule has 0 aliphatic rings. The number of ether oxygens (including phenoxy) is 1. The van der Waals surface area contributed by atoms with Crippen LogP contribution >= 0.6 is 0 Å². The number of aryl methyl sites for hydroxylation is 1. The van der Waals surface area contributed by atoms with E-state index in [2.05, 4.69) is 10.3 Å². The van der Waals surface area contributed by atoms with Gasteiger partial charge < -0.3 is 10.5 Å². The van der Waals surface area contributed by atoms with Gasteiger partial charge in [0.15, 0.2) is 0 Å². The number of halogens is 1. The van der Waals surface area contributed by atoms with Crippen LogP contribution < -0.4 is 5.73 Å². The average Bonchev–Trinajstić information content (AvgIpc) is 2.82. The second-order valence-electron chi connectivity index (χ2n) is 4.61. The number of anilines is 1.